The summed E-state index contributed by atoms with van der Waals surface area (Å²) in [6.07, 6.45) is 4.94. The van der Waals surface area contributed by atoms with Crippen LogP contribution in [-0.2, 0) is 16.1 Å². The van der Waals surface area contributed by atoms with Gasteiger partial charge in [0.1, 0.15) is 6.54 Å². The van der Waals surface area contributed by atoms with Gasteiger partial charge in [-0.3, -0.25) is 14.3 Å². The highest BCUT2D eigenvalue weighted by Gasteiger charge is 2.22. The van der Waals surface area contributed by atoms with Gasteiger partial charge < -0.3 is 16.4 Å². The van der Waals surface area contributed by atoms with E-state index in [4.69, 9.17) is 5.73 Å². The normalized spacial score (nSPS) is 19.2. The first-order valence-corrected chi connectivity index (χ1v) is 5.50. The van der Waals surface area contributed by atoms with Gasteiger partial charge in [-0.05, 0) is 19.4 Å². The fraction of sp³-hybridized carbons (Fsp3) is 0.500. The first-order valence-electron chi connectivity index (χ1n) is 5.50. The zero-order chi connectivity index (χ0) is 12.3. The molecule has 2 rings (SSSR count). The quantitative estimate of drug-likeness (QED) is 0.629. The molecule has 0 aliphatic carbocycles. The SMILES string of the molecule is NC(=O)Cn1cc(NC(=O)[C@H]2CCCN2)cn1. The number of nitrogens with two attached hydrogens (primary N) is 1. The number of aromatic nitrogens is 2. The molecule has 4 N–H and O–H groups in total. The van der Waals surface area contributed by atoms with E-state index in [0.29, 0.717) is 5.69 Å². The standard InChI is InChI=1S/C10H15N5O2/c11-9(16)6-15-5-7(4-13-15)14-10(17)8-2-1-3-12-8/h4-5,8,12H,1-3,6H2,(H2,11,16)(H,14,17)/t8-/m1/s1. The number of nitrogens with one attached hydrogen (secondary N) is 2. The number of hydrogen-bond acceptors (Lipinski definition) is 4. The van der Waals surface area contributed by atoms with E-state index in [1.807, 2.05) is 0 Å². The summed E-state index contributed by atoms with van der Waals surface area (Å²) < 4.78 is 1.39. The van der Waals surface area contributed by atoms with Crippen molar-refractivity contribution < 1.29 is 9.59 Å². The van der Waals surface area contributed by atoms with Gasteiger partial charge in [-0.1, -0.05) is 0 Å². The van der Waals surface area contributed by atoms with Crippen molar-refractivity contribution in [2.24, 2.45) is 5.73 Å². The molecule has 7 heteroatoms. The van der Waals surface area contributed by atoms with Crippen molar-refractivity contribution in [1.82, 2.24) is 15.1 Å². The van der Waals surface area contributed by atoms with E-state index in [2.05, 4.69) is 15.7 Å². The van der Waals surface area contributed by atoms with Crippen LogP contribution in [0.4, 0.5) is 5.69 Å². The van der Waals surface area contributed by atoms with E-state index in [1.165, 1.54) is 10.9 Å². The summed E-state index contributed by atoms with van der Waals surface area (Å²) in [5, 5.41) is 9.76. The number of primary amides is 1. The molecule has 1 fully saturated rings. The Kier molecular flexibility index (Phi) is 3.38. The maximum atomic E-state index is 11.7. The van der Waals surface area contributed by atoms with Crippen LogP contribution in [-0.4, -0.2) is 34.2 Å². The highest BCUT2D eigenvalue weighted by atomic mass is 16.2. The molecule has 1 aromatic heterocycles. The Labute approximate surface area is 98.4 Å². The molecule has 17 heavy (non-hydrogen) atoms. The molecule has 2 amide bonds. The monoisotopic (exact) mass is 237 g/mol. The predicted molar refractivity (Wildman–Crippen MR) is 61.1 cm³/mol. The third kappa shape index (κ3) is 3.04. The number of hydrogen-bond donors (Lipinski definition) is 3. The maximum Gasteiger partial charge on any atom is 0.241 e. The second kappa shape index (κ2) is 4.96. The number of rotatable bonds is 4. The number of nitrogens with zero attached hydrogens (tertiary/aromatic N) is 2. The summed E-state index contributed by atoms with van der Waals surface area (Å²) >= 11 is 0. The zero-order valence-corrected chi connectivity index (χ0v) is 9.35. The van der Waals surface area contributed by atoms with Crippen LogP contribution in [0.5, 0.6) is 0 Å². The smallest absolute Gasteiger partial charge is 0.241 e. The van der Waals surface area contributed by atoms with Crippen molar-refractivity contribution in [1.29, 1.82) is 0 Å². The van der Waals surface area contributed by atoms with Crippen LogP contribution < -0.4 is 16.4 Å². The number of carbonyl (C=O) groups excluding carboxylic acids is 2. The minimum atomic E-state index is -0.469. The van der Waals surface area contributed by atoms with Gasteiger partial charge in [0.05, 0.1) is 17.9 Å². The first-order chi connectivity index (χ1) is 8.15. The third-order valence-electron chi connectivity index (χ3n) is 2.60. The Morgan fingerprint density at radius 2 is 2.47 bits per heavy atom. The van der Waals surface area contributed by atoms with Crippen molar-refractivity contribution in [3.63, 3.8) is 0 Å². The number of anilines is 1. The molecule has 0 unspecified atom stereocenters. The summed E-state index contributed by atoms with van der Waals surface area (Å²) in [6.45, 7) is 0.885. The number of carbonyl (C=O) groups is 2. The zero-order valence-electron chi connectivity index (χ0n) is 9.35. The first kappa shape index (κ1) is 11.6. The van der Waals surface area contributed by atoms with Crippen molar-refractivity contribution >= 4 is 17.5 Å². The summed E-state index contributed by atoms with van der Waals surface area (Å²) in [7, 11) is 0. The Bertz CT molecular complexity index is 422. The lowest BCUT2D eigenvalue weighted by Crippen LogP contribution is -2.35. The fourth-order valence-corrected chi connectivity index (χ4v) is 1.81. The summed E-state index contributed by atoms with van der Waals surface area (Å²) in [5.74, 6) is -0.537. The van der Waals surface area contributed by atoms with Crippen molar-refractivity contribution in [3.05, 3.63) is 12.4 Å². The predicted octanol–water partition coefficient (Wildman–Crippen LogP) is -0.941. The van der Waals surface area contributed by atoms with Gasteiger partial charge >= 0.3 is 0 Å². The molecule has 0 aromatic carbocycles. The van der Waals surface area contributed by atoms with Gasteiger partial charge in [0, 0.05) is 6.20 Å². The lowest BCUT2D eigenvalue weighted by atomic mass is 10.2. The van der Waals surface area contributed by atoms with Crippen LogP contribution in [0.3, 0.4) is 0 Å². The van der Waals surface area contributed by atoms with E-state index in [9.17, 15) is 9.59 Å². The fourth-order valence-electron chi connectivity index (χ4n) is 1.81. The molecule has 1 aliphatic heterocycles. The molecule has 1 saturated heterocycles. The lowest BCUT2D eigenvalue weighted by molar-refractivity contribution is -0.119. The van der Waals surface area contributed by atoms with Crippen LogP contribution in [0.25, 0.3) is 0 Å². The average Bonchev–Trinajstić information content (AvgIpc) is 2.87. The number of amides is 2. The van der Waals surface area contributed by atoms with Crippen LogP contribution >= 0.6 is 0 Å². The lowest BCUT2D eigenvalue weighted by Gasteiger charge is -2.08. The molecule has 92 valence electrons. The van der Waals surface area contributed by atoms with Crippen molar-refractivity contribution in [3.8, 4) is 0 Å². The molecule has 1 aliphatic rings. The van der Waals surface area contributed by atoms with Crippen LogP contribution in [0.2, 0.25) is 0 Å². The molecular weight excluding hydrogens is 222 g/mol. The van der Waals surface area contributed by atoms with Crippen molar-refractivity contribution in [2.75, 3.05) is 11.9 Å². The highest BCUT2D eigenvalue weighted by Crippen LogP contribution is 2.10. The van der Waals surface area contributed by atoms with Gasteiger partial charge in [0.15, 0.2) is 0 Å². The van der Waals surface area contributed by atoms with Crippen LogP contribution in [0.15, 0.2) is 12.4 Å². The van der Waals surface area contributed by atoms with E-state index in [1.54, 1.807) is 6.20 Å². The summed E-state index contributed by atoms with van der Waals surface area (Å²) in [5.41, 5.74) is 5.61. The molecule has 7 nitrogen and oxygen atoms in total. The topological polar surface area (TPSA) is 102 Å². The van der Waals surface area contributed by atoms with Crippen LogP contribution in [0.1, 0.15) is 12.8 Å². The molecule has 0 radical (unpaired) electrons. The highest BCUT2D eigenvalue weighted by molar-refractivity contribution is 5.94. The molecule has 2 heterocycles. The van der Waals surface area contributed by atoms with Gasteiger partial charge in [0.25, 0.3) is 0 Å². The van der Waals surface area contributed by atoms with Gasteiger partial charge in [0.2, 0.25) is 11.8 Å². The van der Waals surface area contributed by atoms with E-state index < -0.39 is 5.91 Å². The Morgan fingerprint density at radius 3 is 3.12 bits per heavy atom. The second-order valence-corrected chi connectivity index (χ2v) is 4.03. The average molecular weight is 237 g/mol. The largest absolute Gasteiger partial charge is 0.368 e. The minimum absolute atomic E-state index is 0.0115. The Hall–Kier alpha value is -1.89. The van der Waals surface area contributed by atoms with Gasteiger partial charge in [-0.25, -0.2) is 0 Å². The van der Waals surface area contributed by atoms with E-state index in [0.717, 1.165) is 19.4 Å². The molecular formula is C10H15N5O2. The maximum absolute atomic E-state index is 11.7. The van der Waals surface area contributed by atoms with Crippen molar-refractivity contribution in [2.45, 2.75) is 25.4 Å². The van der Waals surface area contributed by atoms with Gasteiger partial charge in [-0.15, -0.1) is 0 Å². The molecule has 1 aromatic rings. The molecule has 0 saturated carbocycles. The Morgan fingerprint density at radius 1 is 1.65 bits per heavy atom. The third-order valence-corrected chi connectivity index (χ3v) is 2.60. The molecule has 0 spiro atoms. The Balaban J connectivity index is 1.91. The summed E-state index contributed by atoms with van der Waals surface area (Å²) in [6, 6.07) is -0.130. The van der Waals surface area contributed by atoms with Crippen LogP contribution in [0, 0.1) is 0 Å². The van der Waals surface area contributed by atoms with Gasteiger partial charge in [-0.2, -0.15) is 5.10 Å². The molecule has 0 bridgehead atoms. The second-order valence-electron chi connectivity index (χ2n) is 4.03. The molecule has 1 atom stereocenters. The van der Waals surface area contributed by atoms with E-state index in [-0.39, 0.29) is 18.5 Å². The van der Waals surface area contributed by atoms with E-state index >= 15 is 0 Å². The minimum Gasteiger partial charge on any atom is -0.368 e. The summed E-state index contributed by atoms with van der Waals surface area (Å²) in [4.78, 5) is 22.4.